The van der Waals surface area contributed by atoms with Crippen LogP contribution in [0.15, 0.2) is 22.7 Å². The normalized spacial score (nSPS) is 12.3. The molecule has 18 heavy (non-hydrogen) atoms. The summed E-state index contributed by atoms with van der Waals surface area (Å²) in [6.45, 7) is 5.70. The molecule has 1 unspecified atom stereocenters. The lowest BCUT2D eigenvalue weighted by molar-refractivity contribution is 0.0923. The summed E-state index contributed by atoms with van der Waals surface area (Å²) in [5, 5.41) is 11.8. The molecule has 0 spiro atoms. The van der Waals surface area contributed by atoms with Gasteiger partial charge in [0.25, 0.3) is 5.91 Å². The summed E-state index contributed by atoms with van der Waals surface area (Å²) in [6, 6.07) is 5.21. The highest BCUT2D eigenvalue weighted by Crippen LogP contribution is 2.22. The van der Waals surface area contributed by atoms with Gasteiger partial charge in [0, 0.05) is 16.6 Å². The number of hydrogen-bond donors (Lipinski definition) is 2. The third kappa shape index (κ3) is 5.06. The Labute approximate surface area is 115 Å². The first-order chi connectivity index (χ1) is 8.38. The molecule has 1 rings (SSSR count). The van der Waals surface area contributed by atoms with E-state index in [2.05, 4.69) is 21.2 Å². The van der Waals surface area contributed by atoms with E-state index in [1.807, 2.05) is 19.9 Å². The zero-order valence-corrected chi connectivity index (χ0v) is 12.3. The third-order valence-electron chi connectivity index (χ3n) is 2.06. The molecule has 0 saturated carbocycles. The number of carbonyl (C=O) groups is 1. The van der Waals surface area contributed by atoms with E-state index in [4.69, 9.17) is 9.84 Å². The van der Waals surface area contributed by atoms with Gasteiger partial charge in [-0.1, -0.05) is 15.9 Å². The van der Waals surface area contributed by atoms with Crippen molar-refractivity contribution in [3.8, 4) is 5.75 Å². The summed E-state index contributed by atoms with van der Waals surface area (Å²) in [7, 11) is 0. The van der Waals surface area contributed by atoms with Crippen molar-refractivity contribution < 1.29 is 14.6 Å². The average molecular weight is 316 g/mol. The Morgan fingerprint density at radius 1 is 1.39 bits per heavy atom. The summed E-state index contributed by atoms with van der Waals surface area (Å²) in [6.07, 6.45) is -0.514. The monoisotopic (exact) mass is 315 g/mol. The number of ether oxygens (including phenoxy) is 1. The lowest BCUT2D eigenvalue weighted by atomic mass is 10.2. The second-order valence-electron chi connectivity index (χ2n) is 4.40. The molecule has 0 bridgehead atoms. The maximum atomic E-state index is 11.8. The smallest absolute Gasteiger partial charge is 0.251 e. The Morgan fingerprint density at radius 2 is 2.06 bits per heavy atom. The van der Waals surface area contributed by atoms with Crippen LogP contribution in [0.25, 0.3) is 0 Å². The first-order valence-electron chi connectivity index (χ1n) is 5.82. The number of aliphatic hydroxyl groups excluding tert-OH is 1. The van der Waals surface area contributed by atoms with E-state index in [0.29, 0.717) is 11.3 Å². The summed E-state index contributed by atoms with van der Waals surface area (Å²) < 4.78 is 6.33. The first kappa shape index (κ1) is 15.0. The van der Waals surface area contributed by atoms with Gasteiger partial charge in [0.05, 0.1) is 12.2 Å². The highest BCUT2D eigenvalue weighted by molar-refractivity contribution is 9.10. The van der Waals surface area contributed by atoms with Crippen LogP contribution < -0.4 is 10.1 Å². The number of halogens is 1. The van der Waals surface area contributed by atoms with Crippen LogP contribution in [0, 0.1) is 0 Å². The fourth-order valence-electron chi connectivity index (χ4n) is 1.38. The second-order valence-corrected chi connectivity index (χ2v) is 5.32. The van der Waals surface area contributed by atoms with Gasteiger partial charge >= 0.3 is 0 Å². The standard InChI is InChI=1S/C13H18BrNO3/c1-8(2)18-12-5-10(4-11(14)6-12)13(17)15-7-9(3)16/h4-6,8-9,16H,7H2,1-3H3,(H,15,17). The zero-order chi connectivity index (χ0) is 13.7. The minimum atomic E-state index is -0.563. The van der Waals surface area contributed by atoms with Gasteiger partial charge < -0.3 is 15.2 Å². The predicted octanol–water partition coefficient (Wildman–Crippen LogP) is 2.35. The molecule has 1 aromatic carbocycles. The molecular formula is C13H18BrNO3. The topological polar surface area (TPSA) is 58.6 Å². The van der Waals surface area contributed by atoms with E-state index < -0.39 is 6.10 Å². The molecule has 4 nitrogen and oxygen atoms in total. The molecule has 0 aliphatic heterocycles. The summed E-state index contributed by atoms with van der Waals surface area (Å²) >= 11 is 3.34. The second kappa shape index (κ2) is 6.75. The quantitative estimate of drug-likeness (QED) is 0.877. The van der Waals surface area contributed by atoms with Crippen molar-refractivity contribution in [3.63, 3.8) is 0 Å². The molecule has 2 N–H and O–H groups in total. The van der Waals surface area contributed by atoms with E-state index in [-0.39, 0.29) is 18.6 Å². The van der Waals surface area contributed by atoms with E-state index in [1.165, 1.54) is 0 Å². The van der Waals surface area contributed by atoms with Crippen LogP contribution in [-0.2, 0) is 0 Å². The number of nitrogens with one attached hydrogen (secondary N) is 1. The molecule has 100 valence electrons. The highest BCUT2D eigenvalue weighted by Gasteiger charge is 2.10. The van der Waals surface area contributed by atoms with Gasteiger partial charge in [-0.3, -0.25) is 4.79 Å². The van der Waals surface area contributed by atoms with Crippen LogP contribution in [0.3, 0.4) is 0 Å². The van der Waals surface area contributed by atoms with E-state index in [1.54, 1.807) is 19.1 Å². The van der Waals surface area contributed by atoms with Gasteiger partial charge in [-0.15, -0.1) is 0 Å². The molecule has 0 aliphatic rings. The molecule has 0 fully saturated rings. The van der Waals surface area contributed by atoms with Crippen molar-refractivity contribution in [2.75, 3.05) is 6.54 Å². The van der Waals surface area contributed by atoms with Crippen LogP contribution in [0.2, 0.25) is 0 Å². The van der Waals surface area contributed by atoms with Crippen molar-refractivity contribution in [3.05, 3.63) is 28.2 Å². The third-order valence-corrected chi connectivity index (χ3v) is 2.52. The van der Waals surface area contributed by atoms with Crippen molar-refractivity contribution >= 4 is 21.8 Å². The molecule has 1 atom stereocenters. The molecule has 0 aromatic heterocycles. The Morgan fingerprint density at radius 3 is 2.61 bits per heavy atom. The van der Waals surface area contributed by atoms with Crippen molar-refractivity contribution in [1.29, 1.82) is 0 Å². The molecule has 0 heterocycles. The van der Waals surface area contributed by atoms with Crippen LogP contribution in [0.4, 0.5) is 0 Å². The maximum absolute atomic E-state index is 11.8. The number of carbonyl (C=O) groups excluding carboxylic acids is 1. The van der Waals surface area contributed by atoms with Gasteiger partial charge in [-0.2, -0.15) is 0 Å². The minimum Gasteiger partial charge on any atom is -0.491 e. The van der Waals surface area contributed by atoms with Gasteiger partial charge in [0.15, 0.2) is 0 Å². The summed E-state index contributed by atoms with van der Waals surface area (Å²) in [5.74, 6) is 0.410. The number of rotatable bonds is 5. The largest absolute Gasteiger partial charge is 0.491 e. The minimum absolute atomic E-state index is 0.0488. The SMILES string of the molecule is CC(O)CNC(=O)c1cc(Br)cc(OC(C)C)c1. The van der Waals surface area contributed by atoms with Gasteiger partial charge in [0.1, 0.15) is 5.75 Å². The Kier molecular flexibility index (Phi) is 5.62. The Balaban J connectivity index is 2.81. The van der Waals surface area contributed by atoms with E-state index in [0.717, 1.165) is 4.47 Å². The number of amides is 1. The molecular weight excluding hydrogens is 298 g/mol. The molecule has 1 aromatic rings. The Hall–Kier alpha value is -1.07. The summed E-state index contributed by atoms with van der Waals surface area (Å²) in [5.41, 5.74) is 0.501. The zero-order valence-electron chi connectivity index (χ0n) is 10.7. The molecule has 0 saturated heterocycles. The summed E-state index contributed by atoms with van der Waals surface area (Å²) in [4.78, 5) is 11.8. The van der Waals surface area contributed by atoms with Crippen LogP contribution in [-0.4, -0.2) is 29.8 Å². The number of aliphatic hydroxyl groups is 1. The number of hydrogen-bond acceptors (Lipinski definition) is 3. The lowest BCUT2D eigenvalue weighted by Gasteiger charge is -2.12. The predicted molar refractivity (Wildman–Crippen MR) is 73.9 cm³/mol. The Bertz CT molecular complexity index is 419. The van der Waals surface area contributed by atoms with E-state index in [9.17, 15) is 4.79 Å². The molecule has 0 radical (unpaired) electrons. The molecule has 0 aliphatic carbocycles. The maximum Gasteiger partial charge on any atom is 0.251 e. The average Bonchev–Trinajstić information content (AvgIpc) is 2.23. The number of benzene rings is 1. The van der Waals surface area contributed by atoms with Crippen molar-refractivity contribution in [2.45, 2.75) is 33.0 Å². The lowest BCUT2D eigenvalue weighted by Crippen LogP contribution is -2.30. The first-order valence-corrected chi connectivity index (χ1v) is 6.61. The van der Waals surface area contributed by atoms with E-state index >= 15 is 0 Å². The fourth-order valence-corrected chi connectivity index (χ4v) is 1.85. The van der Waals surface area contributed by atoms with Crippen LogP contribution >= 0.6 is 15.9 Å². The van der Waals surface area contributed by atoms with Crippen molar-refractivity contribution in [1.82, 2.24) is 5.32 Å². The van der Waals surface area contributed by atoms with Crippen LogP contribution in [0.5, 0.6) is 5.75 Å². The highest BCUT2D eigenvalue weighted by atomic mass is 79.9. The molecule has 1 amide bonds. The van der Waals surface area contributed by atoms with Crippen LogP contribution in [0.1, 0.15) is 31.1 Å². The van der Waals surface area contributed by atoms with Crippen molar-refractivity contribution in [2.24, 2.45) is 0 Å². The van der Waals surface area contributed by atoms with Gasteiger partial charge in [-0.05, 0) is 39.0 Å². The molecule has 5 heteroatoms. The van der Waals surface area contributed by atoms with Gasteiger partial charge in [-0.25, -0.2) is 0 Å². The van der Waals surface area contributed by atoms with Gasteiger partial charge in [0.2, 0.25) is 0 Å². The fraction of sp³-hybridized carbons (Fsp3) is 0.462.